The van der Waals surface area contributed by atoms with Crippen LogP contribution >= 0.6 is 0 Å². The fourth-order valence-electron chi connectivity index (χ4n) is 2.34. The van der Waals surface area contributed by atoms with Crippen LogP contribution in [0, 0.1) is 11.8 Å². The Morgan fingerprint density at radius 3 is 2.56 bits per heavy atom. The van der Waals surface area contributed by atoms with Gasteiger partial charge in [0.1, 0.15) is 6.04 Å². The Bertz CT molecular complexity index is 307. The molecule has 0 saturated carbocycles. The molecule has 5 heteroatoms. The topological polar surface area (TPSA) is 58.6 Å². The first kappa shape index (κ1) is 15.0. The Balaban J connectivity index is 2.55. The summed E-state index contributed by atoms with van der Waals surface area (Å²) in [5.41, 5.74) is 0. The van der Waals surface area contributed by atoms with E-state index in [1.807, 2.05) is 0 Å². The number of carbonyl (C=O) groups is 2. The van der Waals surface area contributed by atoms with Gasteiger partial charge in [-0.25, -0.2) is 4.79 Å². The molecule has 5 nitrogen and oxygen atoms in total. The Hall–Kier alpha value is -1.10. The average molecular weight is 256 g/mol. The van der Waals surface area contributed by atoms with Crippen molar-refractivity contribution >= 4 is 11.9 Å². The standard InChI is InChI=1S/C13H24N2O3/c1-9-5-6-15(7-10(9)2)8-12(13(17)18-4)14-11(3)16/h9-10,12H,5-8H2,1-4H3,(H,14,16). The molecule has 0 aromatic heterocycles. The molecule has 3 atom stereocenters. The summed E-state index contributed by atoms with van der Waals surface area (Å²) in [6.45, 7) is 8.36. The maximum Gasteiger partial charge on any atom is 0.329 e. The van der Waals surface area contributed by atoms with Crippen LogP contribution in [0.4, 0.5) is 0 Å². The molecule has 0 aromatic carbocycles. The lowest BCUT2D eigenvalue weighted by Crippen LogP contribution is -2.51. The van der Waals surface area contributed by atoms with E-state index in [9.17, 15) is 9.59 Å². The van der Waals surface area contributed by atoms with Crippen molar-refractivity contribution in [1.29, 1.82) is 0 Å². The zero-order chi connectivity index (χ0) is 13.7. The molecule has 0 aromatic rings. The summed E-state index contributed by atoms with van der Waals surface area (Å²) in [4.78, 5) is 24.9. The van der Waals surface area contributed by atoms with Crippen LogP contribution in [0.3, 0.4) is 0 Å². The molecule has 0 bridgehead atoms. The molecule has 0 radical (unpaired) electrons. The number of ether oxygens (including phenoxy) is 1. The monoisotopic (exact) mass is 256 g/mol. The third-order valence-electron chi connectivity index (χ3n) is 3.72. The van der Waals surface area contributed by atoms with Crippen molar-refractivity contribution in [1.82, 2.24) is 10.2 Å². The minimum atomic E-state index is -0.562. The Labute approximate surface area is 109 Å². The van der Waals surface area contributed by atoms with Gasteiger partial charge >= 0.3 is 5.97 Å². The second kappa shape index (κ2) is 6.73. The normalized spacial score (nSPS) is 26.4. The number of hydrogen-bond donors (Lipinski definition) is 1. The SMILES string of the molecule is COC(=O)C(CN1CCC(C)C(C)C1)NC(C)=O. The first-order chi connectivity index (χ1) is 8.43. The molecule has 18 heavy (non-hydrogen) atoms. The summed E-state index contributed by atoms with van der Waals surface area (Å²) < 4.78 is 4.72. The molecule has 1 aliphatic heterocycles. The van der Waals surface area contributed by atoms with Gasteiger partial charge in [0.15, 0.2) is 0 Å². The first-order valence-corrected chi connectivity index (χ1v) is 6.51. The molecular weight excluding hydrogens is 232 g/mol. The lowest BCUT2D eigenvalue weighted by Gasteiger charge is -2.36. The van der Waals surface area contributed by atoms with Gasteiger partial charge in [-0.2, -0.15) is 0 Å². The van der Waals surface area contributed by atoms with Crippen LogP contribution in [-0.2, 0) is 14.3 Å². The fourth-order valence-corrected chi connectivity index (χ4v) is 2.34. The van der Waals surface area contributed by atoms with Crippen molar-refractivity contribution < 1.29 is 14.3 Å². The van der Waals surface area contributed by atoms with Crippen molar-refractivity contribution in [3.8, 4) is 0 Å². The number of nitrogens with zero attached hydrogens (tertiary/aromatic N) is 1. The summed E-state index contributed by atoms with van der Waals surface area (Å²) in [5.74, 6) is 0.758. The number of amides is 1. The summed E-state index contributed by atoms with van der Waals surface area (Å²) >= 11 is 0. The minimum absolute atomic E-state index is 0.205. The van der Waals surface area contributed by atoms with E-state index < -0.39 is 6.04 Å². The molecule has 104 valence electrons. The maximum absolute atomic E-state index is 11.6. The van der Waals surface area contributed by atoms with Gasteiger partial charge in [-0.1, -0.05) is 13.8 Å². The van der Waals surface area contributed by atoms with Crippen molar-refractivity contribution in [3.05, 3.63) is 0 Å². The predicted molar refractivity (Wildman–Crippen MR) is 69.0 cm³/mol. The summed E-state index contributed by atoms with van der Waals surface area (Å²) in [6.07, 6.45) is 1.13. The maximum atomic E-state index is 11.6. The Morgan fingerprint density at radius 1 is 1.39 bits per heavy atom. The van der Waals surface area contributed by atoms with Crippen molar-refractivity contribution in [2.75, 3.05) is 26.7 Å². The van der Waals surface area contributed by atoms with E-state index in [0.29, 0.717) is 12.5 Å². The Kier molecular flexibility index (Phi) is 5.59. The molecule has 1 saturated heterocycles. The number of carbonyl (C=O) groups excluding carboxylic acids is 2. The molecular formula is C13H24N2O3. The molecule has 1 aliphatic rings. The van der Waals surface area contributed by atoms with Crippen LogP contribution in [0.25, 0.3) is 0 Å². The molecule has 1 heterocycles. The summed E-state index contributed by atoms with van der Waals surface area (Å²) in [7, 11) is 1.35. The van der Waals surface area contributed by atoms with E-state index in [-0.39, 0.29) is 11.9 Å². The van der Waals surface area contributed by atoms with Gasteiger partial charge in [0.2, 0.25) is 5.91 Å². The van der Waals surface area contributed by atoms with E-state index in [2.05, 4.69) is 24.1 Å². The van der Waals surface area contributed by atoms with Crippen molar-refractivity contribution in [3.63, 3.8) is 0 Å². The predicted octanol–water partition coefficient (Wildman–Crippen LogP) is 0.642. The van der Waals surface area contributed by atoms with Crippen LogP contribution in [0.2, 0.25) is 0 Å². The second-order valence-electron chi connectivity index (χ2n) is 5.28. The van der Waals surface area contributed by atoms with Gasteiger partial charge in [-0.15, -0.1) is 0 Å². The van der Waals surface area contributed by atoms with Gasteiger partial charge in [0, 0.05) is 20.0 Å². The van der Waals surface area contributed by atoms with Crippen molar-refractivity contribution in [2.24, 2.45) is 11.8 Å². The van der Waals surface area contributed by atoms with Gasteiger partial charge in [0.05, 0.1) is 7.11 Å². The van der Waals surface area contributed by atoms with Crippen LogP contribution in [0.5, 0.6) is 0 Å². The highest BCUT2D eigenvalue weighted by molar-refractivity contribution is 5.83. The largest absolute Gasteiger partial charge is 0.467 e. The van der Waals surface area contributed by atoms with E-state index in [4.69, 9.17) is 4.74 Å². The second-order valence-corrected chi connectivity index (χ2v) is 5.28. The van der Waals surface area contributed by atoms with Crippen LogP contribution in [0.15, 0.2) is 0 Å². The van der Waals surface area contributed by atoms with E-state index >= 15 is 0 Å². The fraction of sp³-hybridized carbons (Fsp3) is 0.846. The highest BCUT2D eigenvalue weighted by Gasteiger charge is 2.28. The lowest BCUT2D eigenvalue weighted by atomic mass is 9.88. The van der Waals surface area contributed by atoms with Crippen LogP contribution < -0.4 is 5.32 Å². The molecule has 1 fully saturated rings. The third kappa shape index (κ3) is 4.29. The molecule has 3 unspecified atom stereocenters. The summed E-state index contributed by atoms with van der Waals surface area (Å²) in [6, 6.07) is -0.562. The van der Waals surface area contributed by atoms with Crippen LogP contribution in [-0.4, -0.2) is 49.6 Å². The van der Waals surface area contributed by atoms with Gasteiger partial charge < -0.3 is 15.0 Å². The van der Waals surface area contributed by atoms with E-state index in [1.165, 1.54) is 14.0 Å². The average Bonchev–Trinajstić information content (AvgIpc) is 2.31. The van der Waals surface area contributed by atoms with Crippen LogP contribution in [0.1, 0.15) is 27.2 Å². The molecule has 0 aliphatic carbocycles. The van der Waals surface area contributed by atoms with Crippen molar-refractivity contribution in [2.45, 2.75) is 33.2 Å². The highest BCUT2D eigenvalue weighted by atomic mass is 16.5. The van der Waals surface area contributed by atoms with Gasteiger partial charge in [-0.3, -0.25) is 4.79 Å². The third-order valence-corrected chi connectivity index (χ3v) is 3.72. The zero-order valence-corrected chi connectivity index (χ0v) is 11.7. The number of hydrogen-bond acceptors (Lipinski definition) is 4. The van der Waals surface area contributed by atoms with E-state index in [0.717, 1.165) is 25.4 Å². The first-order valence-electron chi connectivity index (χ1n) is 6.51. The number of methoxy groups -OCH3 is 1. The molecule has 1 N–H and O–H groups in total. The number of nitrogens with one attached hydrogen (secondary N) is 1. The molecule has 1 amide bonds. The lowest BCUT2D eigenvalue weighted by molar-refractivity contribution is -0.145. The number of likely N-dealkylation sites (tertiary alicyclic amines) is 1. The quantitative estimate of drug-likeness (QED) is 0.750. The number of esters is 1. The number of rotatable bonds is 4. The van der Waals surface area contributed by atoms with Gasteiger partial charge in [0.25, 0.3) is 0 Å². The smallest absolute Gasteiger partial charge is 0.329 e. The molecule has 0 spiro atoms. The highest BCUT2D eigenvalue weighted by Crippen LogP contribution is 2.22. The summed E-state index contributed by atoms with van der Waals surface area (Å²) in [5, 5.41) is 2.65. The van der Waals surface area contributed by atoms with E-state index in [1.54, 1.807) is 0 Å². The zero-order valence-electron chi connectivity index (χ0n) is 11.7. The van der Waals surface area contributed by atoms with Gasteiger partial charge in [-0.05, 0) is 24.8 Å². The number of piperidine rings is 1. The Morgan fingerprint density at radius 2 is 2.06 bits per heavy atom. The molecule has 1 rings (SSSR count). The minimum Gasteiger partial charge on any atom is -0.467 e.